The summed E-state index contributed by atoms with van der Waals surface area (Å²) in [6.45, 7) is 5.35. The summed E-state index contributed by atoms with van der Waals surface area (Å²) in [6, 6.07) is 3.97. The lowest BCUT2D eigenvalue weighted by Crippen LogP contribution is -2.23. The molecule has 1 N–H and O–H groups in total. The lowest BCUT2D eigenvalue weighted by molar-refractivity contribution is -0.140. The molecule has 1 saturated heterocycles. The molecule has 4 heteroatoms. The summed E-state index contributed by atoms with van der Waals surface area (Å²) in [5, 5.41) is 9.52. The fourth-order valence-electron chi connectivity index (χ4n) is 2.77. The van der Waals surface area contributed by atoms with Gasteiger partial charge in [-0.2, -0.15) is 0 Å². The third-order valence-electron chi connectivity index (χ3n) is 4.45. The van der Waals surface area contributed by atoms with Crippen molar-refractivity contribution >= 4 is 5.97 Å². The highest BCUT2D eigenvalue weighted by Gasteiger charge is 2.53. The minimum atomic E-state index is -0.742. The Balaban J connectivity index is 1.98. The van der Waals surface area contributed by atoms with Gasteiger partial charge in [-0.05, 0) is 43.9 Å². The summed E-state index contributed by atoms with van der Waals surface area (Å²) in [7, 11) is 0. The first-order valence-corrected chi connectivity index (χ1v) is 7.12. The molecular weight excluding hydrogens is 256 g/mol. The topological polar surface area (TPSA) is 55.8 Å². The van der Waals surface area contributed by atoms with Crippen molar-refractivity contribution in [1.82, 2.24) is 0 Å². The summed E-state index contributed by atoms with van der Waals surface area (Å²) in [5.41, 5.74) is 2.35. The van der Waals surface area contributed by atoms with Gasteiger partial charge in [-0.15, -0.1) is 0 Å². The molecule has 0 amide bonds. The quantitative estimate of drug-likeness (QED) is 0.918. The van der Waals surface area contributed by atoms with Crippen LogP contribution in [0.15, 0.2) is 12.1 Å². The molecule has 3 rings (SSSR count). The molecule has 1 aromatic carbocycles. The second-order valence-corrected chi connectivity index (χ2v) is 5.92. The van der Waals surface area contributed by atoms with Gasteiger partial charge in [0.05, 0.1) is 18.6 Å². The molecule has 4 nitrogen and oxygen atoms in total. The molecule has 20 heavy (non-hydrogen) atoms. The van der Waals surface area contributed by atoms with E-state index in [-0.39, 0.29) is 6.10 Å². The summed E-state index contributed by atoms with van der Waals surface area (Å²) in [5.74, 6) is -0.0169. The van der Waals surface area contributed by atoms with E-state index >= 15 is 0 Å². The van der Waals surface area contributed by atoms with Gasteiger partial charge in [0.1, 0.15) is 11.9 Å². The van der Waals surface area contributed by atoms with E-state index in [9.17, 15) is 9.90 Å². The van der Waals surface area contributed by atoms with Crippen molar-refractivity contribution in [2.24, 2.45) is 0 Å². The number of aliphatic carboxylic acids is 1. The zero-order valence-corrected chi connectivity index (χ0v) is 11.9. The maximum atomic E-state index is 11.6. The van der Waals surface area contributed by atoms with Crippen molar-refractivity contribution in [2.45, 2.75) is 44.6 Å². The van der Waals surface area contributed by atoms with Crippen LogP contribution in [0.2, 0.25) is 0 Å². The van der Waals surface area contributed by atoms with E-state index in [1.807, 2.05) is 26.0 Å². The largest absolute Gasteiger partial charge is 0.488 e. The number of hydrogen-bond donors (Lipinski definition) is 1. The highest BCUT2D eigenvalue weighted by molar-refractivity contribution is 5.86. The maximum absolute atomic E-state index is 11.6. The monoisotopic (exact) mass is 276 g/mol. The Bertz CT molecular complexity index is 540. The van der Waals surface area contributed by atoms with E-state index < -0.39 is 11.4 Å². The Kier molecular flexibility index (Phi) is 3.21. The van der Waals surface area contributed by atoms with Gasteiger partial charge in [0, 0.05) is 12.0 Å². The summed E-state index contributed by atoms with van der Waals surface area (Å²) in [4.78, 5) is 11.6. The fraction of sp³-hybridized carbons (Fsp3) is 0.562. The lowest BCUT2D eigenvalue weighted by atomic mass is 9.92. The van der Waals surface area contributed by atoms with Crippen molar-refractivity contribution in [3.63, 3.8) is 0 Å². The van der Waals surface area contributed by atoms with Crippen LogP contribution in [0.1, 0.15) is 36.0 Å². The van der Waals surface area contributed by atoms with Crippen LogP contribution >= 0.6 is 0 Å². The molecule has 1 aliphatic heterocycles. The second-order valence-electron chi connectivity index (χ2n) is 5.92. The van der Waals surface area contributed by atoms with Gasteiger partial charge in [-0.1, -0.05) is 6.07 Å². The Labute approximate surface area is 118 Å². The number of aryl methyl sites for hydroxylation is 2. The van der Waals surface area contributed by atoms with E-state index in [2.05, 4.69) is 0 Å². The van der Waals surface area contributed by atoms with Crippen molar-refractivity contribution in [3.05, 3.63) is 28.8 Å². The minimum absolute atomic E-state index is 0.0421. The third-order valence-corrected chi connectivity index (χ3v) is 4.45. The maximum Gasteiger partial charge on any atom is 0.314 e. The van der Waals surface area contributed by atoms with Crippen molar-refractivity contribution in [2.75, 3.05) is 13.2 Å². The molecule has 0 radical (unpaired) electrons. The molecule has 0 unspecified atom stereocenters. The number of ether oxygens (including phenoxy) is 2. The Morgan fingerprint density at radius 1 is 1.35 bits per heavy atom. The third kappa shape index (κ3) is 2.18. The predicted molar refractivity (Wildman–Crippen MR) is 74.3 cm³/mol. The Morgan fingerprint density at radius 3 is 2.60 bits per heavy atom. The minimum Gasteiger partial charge on any atom is -0.488 e. The highest BCUT2D eigenvalue weighted by atomic mass is 16.5. The molecule has 1 heterocycles. The number of hydrogen-bond acceptors (Lipinski definition) is 3. The van der Waals surface area contributed by atoms with Crippen LogP contribution in [0.3, 0.4) is 0 Å². The fourth-order valence-corrected chi connectivity index (χ4v) is 2.77. The van der Waals surface area contributed by atoms with Crippen molar-refractivity contribution in [3.8, 4) is 5.75 Å². The summed E-state index contributed by atoms with van der Waals surface area (Å²) >= 11 is 0. The number of rotatable bonds is 4. The first-order chi connectivity index (χ1) is 9.53. The standard InChI is InChI=1S/C16H20O4/c1-10-7-13(16(4-5-16)15(17)18)14(8-11(10)2)20-12-3-6-19-9-12/h7-8,12H,3-6,9H2,1-2H3,(H,17,18)/t12-/m0/s1. The number of carboxylic acids is 1. The SMILES string of the molecule is Cc1cc(O[C@H]2CCOC2)c(C2(C(=O)O)CC2)cc1C. The van der Waals surface area contributed by atoms with E-state index in [1.54, 1.807) is 0 Å². The van der Waals surface area contributed by atoms with E-state index in [0.717, 1.165) is 35.5 Å². The molecule has 108 valence electrons. The molecule has 0 spiro atoms. The molecule has 1 aliphatic carbocycles. The molecule has 0 aromatic heterocycles. The van der Waals surface area contributed by atoms with Crippen LogP contribution in [-0.2, 0) is 14.9 Å². The smallest absolute Gasteiger partial charge is 0.314 e. The number of carboxylic acid groups (broad SMARTS) is 1. The molecule has 0 bridgehead atoms. The molecule has 1 saturated carbocycles. The summed E-state index contributed by atoms with van der Waals surface area (Å²) < 4.78 is 11.4. The Hall–Kier alpha value is -1.55. The average Bonchev–Trinajstić information content (AvgIpc) is 3.06. The molecule has 1 aromatic rings. The van der Waals surface area contributed by atoms with E-state index in [0.29, 0.717) is 19.4 Å². The van der Waals surface area contributed by atoms with E-state index in [1.165, 1.54) is 0 Å². The van der Waals surface area contributed by atoms with Gasteiger partial charge in [0.25, 0.3) is 0 Å². The molecular formula is C16H20O4. The first-order valence-electron chi connectivity index (χ1n) is 7.12. The van der Waals surface area contributed by atoms with Crippen LogP contribution in [0.5, 0.6) is 5.75 Å². The molecule has 2 fully saturated rings. The van der Waals surface area contributed by atoms with E-state index in [4.69, 9.17) is 9.47 Å². The normalized spacial score (nSPS) is 23.6. The van der Waals surface area contributed by atoms with Crippen LogP contribution in [0.25, 0.3) is 0 Å². The zero-order valence-electron chi connectivity index (χ0n) is 11.9. The first kappa shape index (κ1) is 13.4. The Morgan fingerprint density at radius 2 is 2.05 bits per heavy atom. The van der Waals surface area contributed by atoms with Crippen LogP contribution in [0, 0.1) is 13.8 Å². The summed E-state index contributed by atoms with van der Waals surface area (Å²) in [6.07, 6.45) is 2.30. The highest BCUT2D eigenvalue weighted by Crippen LogP contribution is 2.52. The van der Waals surface area contributed by atoms with Crippen LogP contribution in [0.4, 0.5) is 0 Å². The van der Waals surface area contributed by atoms with Gasteiger partial charge in [0.15, 0.2) is 0 Å². The van der Waals surface area contributed by atoms with Gasteiger partial charge in [-0.3, -0.25) is 4.79 Å². The second kappa shape index (κ2) is 4.77. The predicted octanol–water partition coefficient (Wildman–Crippen LogP) is 2.59. The van der Waals surface area contributed by atoms with Gasteiger partial charge in [0.2, 0.25) is 0 Å². The van der Waals surface area contributed by atoms with Gasteiger partial charge < -0.3 is 14.6 Å². The average molecular weight is 276 g/mol. The zero-order chi connectivity index (χ0) is 14.3. The van der Waals surface area contributed by atoms with Gasteiger partial charge in [-0.25, -0.2) is 0 Å². The van der Waals surface area contributed by atoms with Crippen molar-refractivity contribution < 1.29 is 19.4 Å². The van der Waals surface area contributed by atoms with Crippen molar-refractivity contribution in [1.29, 1.82) is 0 Å². The van der Waals surface area contributed by atoms with Crippen LogP contribution in [-0.4, -0.2) is 30.4 Å². The molecule has 2 aliphatic rings. The molecule has 1 atom stereocenters. The number of benzene rings is 1. The lowest BCUT2D eigenvalue weighted by Gasteiger charge is -2.21. The van der Waals surface area contributed by atoms with Crippen LogP contribution < -0.4 is 4.74 Å². The van der Waals surface area contributed by atoms with Gasteiger partial charge >= 0.3 is 5.97 Å². The number of carbonyl (C=O) groups is 1.